The first-order chi connectivity index (χ1) is 6.76. The first-order valence-electron chi connectivity index (χ1n) is 4.43. The van der Waals surface area contributed by atoms with Gasteiger partial charge in [-0.05, 0) is 12.7 Å². The van der Waals surface area contributed by atoms with E-state index < -0.39 is 0 Å². The van der Waals surface area contributed by atoms with Crippen molar-refractivity contribution in [2.75, 3.05) is 6.26 Å². The van der Waals surface area contributed by atoms with Crippen LogP contribution in [0, 0.1) is 0 Å². The van der Waals surface area contributed by atoms with Crippen molar-refractivity contribution in [3.63, 3.8) is 0 Å². The van der Waals surface area contributed by atoms with Crippen LogP contribution in [0.15, 0.2) is 5.16 Å². The molecule has 1 aromatic heterocycles. The fourth-order valence-electron chi connectivity index (χ4n) is 1.63. The lowest BCUT2D eigenvalue weighted by molar-refractivity contribution is 0.0993. The topological polar surface area (TPSA) is 68.9 Å². The van der Waals surface area contributed by atoms with Gasteiger partial charge in [-0.15, -0.1) is 0 Å². The monoisotopic (exact) mass is 209 g/mol. The molecule has 0 fully saturated rings. The molecule has 0 bridgehead atoms. The van der Waals surface area contributed by atoms with Crippen molar-refractivity contribution in [2.45, 2.75) is 24.5 Å². The van der Waals surface area contributed by atoms with E-state index in [9.17, 15) is 4.79 Å². The third-order valence-corrected chi connectivity index (χ3v) is 2.83. The van der Waals surface area contributed by atoms with Gasteiger partial charge in [-0.2, -0.15) is 0 Å². The Morgan fingerprint density at radius 1 is 1.43 bits per heavy atom. The molecule has 0 amide bonds. The van der Waals surface area contributed by atoms with Gasteiger partial charge in [0.2, 0.25) is 0 Å². The van der Waals surface area contributed by atoms with Crippen LogP contribution in [0.5, 0.6) is 0 Å². The third kappa shape index (κ3) is 1.42. The average molecular weight is 209 g/mol. The summed E-state index contributed by atoms with van der Waals surface area (Å²) in [4.78, 5) is 20.0. The van der Waals surface area contributed by atoms with E-state index in [4.69, 9.17) is 5.73 Å². The van der Waals surface area contributed by atoms with Crippen LogP contribution in [0.25, 0.3) is 0 Å². The van der Waals surface area contributed by atoms with E-state index in [1.54, 1.807) is 0 Å². The highest BCUT2D eigenvalue weighted by Crippen LogP contribution is 2.24. The number of carbonyl (C=O) groups excluding carboxylic acids is 1. The van der Waals surface area contributed by atoms with Crippen molar-refractivity contribution in [2.24, 2.45) is 5.73 Å². The van der Waals surface area contributed by atoms with E-state index in [0.717, 1.165) is 12.1 Å². The van der Waals surface area contributed by atoms with Gasteiger partial charge >= 0.3 is 0 Å². The number of nitrogens with two attached hydrogens (primary N) is 1. The molecule has 0 aromatic carbocycles. The Morgan fingerprint density at radius 3 is 2.86 bits per heavy atom. The molecule has 0 unspecified atom stereocenters. The first kappa shape index (κ1) is 9.61. The molecule has 0 spiro atoms. The number of fused-ring (bicyclic) bond motifs is 1. The van der Waals surface area contributed by atoms with Crippen LogP contribution in [0.2, 0.25) is 0 Å². The zero-order chi connectivity index (χ0) is 10.1. The van der Waals surface area contributed by atoms with Crippen molar-refractivity contribution in [1.82, 2.24) is 9.97 Å². The number of hydrogen-bond donors (Lipinski definition) is 1. The van der Waals surface area contributed by atoms with Gasteiger partial charge in [0.25, 0.3) is 0 Å². The summed E-state index contributed by atoms with van der Waals surface area (Å²) in [5.74, 6) is 0.133. The molecular formula is C9H11N3OS. The maximum absolute atomic E-state index is 11.5. The number of aromatic nitrogens is 2. The Bertz CT molecular complexity index is 392. The van der Waals surface area contributed by atoms with Crippen molar-refractivity contribution in [1.29, 1.82) is 0 Å². The molecule has 2 rings (SSSR count). The molecule has 0 radical (unpaired) electrons. The molecule has 0 atom stereocenters. The van der Waals surface area contributed by atoms with E-state index in [1.807, 2.05) is 6.26 Å². The zero-order valence-corrected chi connectivity index (χ0v) is 8.73. The lowest BCUT2D eigenvalue weighted by Gasteiger charge is -2.05. The number of hydrogen-bond acceptors (Lipinski definition) is 5. The summed E-state index contributed by atoms with van der Waals surface area (Å²) in [6.07, 6.45) is 3.20. The molecule has 5 heteroatoms. The molecule has 1 aliphatic rings. The molecule has 0 aliphatic heterocycles. The second-order valence-electron chi connectivity index (χ2n) is 3.11. The smallest absolute Gasteiger partial charge is 0.187 e. The molecule has 2 N–H and O–H groups in total. The number of rotatable bonds is 2. The Balaban J connectivity index is 2.58. The van der Waals surface area contributed by atoms with Gasteiger partial charge < -0.3 is 5.73 Å². The molecule has 0 saturated carbocycles. The first-order valence-corrected chi connectivity index (χ1v) is 5.65. The normalized spacial score (nSPS) is 14.6. The Kier molecular flexibility index (Phi) is 2.52. The van der Waals surface area contributed by atoms with Crippen LogP contribution in [0.1, 0.15) is 28.2 Å². The van der Waals surface area contributed by atoms with E-state index >= 15 is 0 Å². The molecular weight excluding hydrogens is 198 g/mol. The van der Waals surface area contributed by atoms with Crippen molar-refractivity contribution < 1.29 is 4.79 Å². The fourth-order valence-corrected chi connectivity index (χ4v) is 2.04. The number of carbonyl (C=O) groups is 1. The minimum atomic E-state index is 0.133. The summed E-state index contributed by atoms with van der Waals surface area (Å²) in [5.41, 5.74) is 7.79. The zero-order valence-electron chi connectivity index (χ0n) is 7.91. The highest BCUT2D eigenvalue weighted by Gasteiger charge is 2.25. The highest BCUT2D eigenvalue weighted by molar-refractivity contribution is 7.98. The van der Waals surface area contributed by atoms with Gasteiger partial charge in [0, 0.05) is 13.0 Å². The predicted octanol–water partition coefficient (Wildman–Crippen LogP) is 0.786. The Labute approximate surface area is 86.3 Å². The largest absolute Gasteiger partial charge is 0.325 e. The SMILES string of the molecule is CSc1nc(CN)c2c(n1)CCC2=O. The summed E-state index contributed by atoms with van der Waals surface area (Å²) >= 11 is 1.48. The van der Waals surface area contributed by atoms with Crippen LogP contribution in [0.4, 0.5) is 0 Å². The predicted molar refractivity (Wildman–Crippen MR) is 54.4 cm³/mol. The standard InChI is InChI=1S/C9H11N3OS/c1-14-9-11-5-2-3-7(13)8(5)6(4-10)12-9/h2-4,10H2,1H3. The molecule has 14 heavy (non-hydrogen) atoms. The summed E-state index contributed by atoms with van der Waals surface area (Å²) in [5, 5.41) is 0.707. The van der Waals surface area contributed by atoms with Crippen LogP contribution in [-0.2, 0) is 13.0 Å². The van der Waals surface area contributed by atoms with Gasteiger partial charge in [0.05, 0.1) is 17.0 Å². The van der Waals surface area contributed by atoms with Gasteiger partial charge in [-0.3, -0.25) is 4.79 Å². The second kappa shape index (κ2) is 3.67. The lowest BCUT2D eigenvalue weighted by atomic mass is 10.1. The lowest BCUT2D eigenvalue weighted by Crippen LogP contribution is -2.10. The average Bonchev–Trinajstić information content (AvgIpc) is 2.59. The van der Waals surface area contributed by atoms with Gasteiger partial charge in [-0.25, -0.2) is 9.97 Å². The summed E-state index contributed by atoms with van der Waals surface area (Å²) in [6, 6.07) is 0. The van der Waals surface area contributed by atoms with Gasteiger partial charge in [-0.1, -0.05) is 11.8 Å². The van der Waals surface area contributed by atoms with Crippen LogP contribution in [-0.4, -0.2) is 22.0 Å². The molecule has 1 aliphatic carbocycles. The number of aryl methyl sites for hydroxylation is 1. The van der Waals surface area contributed by atoms with Crippen LogP contribution in [0.3, 0.4) is 0 Å². The second-order valence-corrected chi connectivity index (χ2v) is 3.88. The maximum Gasteiger partial charge on any atom is 0.187 e. The van der Waals surface area contributed by atoms with E-state index in [1.165, 1.54) is 11.8 Å². The minimum absolute atomic E-state index is 0.133. The van der Waals surface area contributed by atoms with E-state index in [-0.39, 0.29) is 5.78 Å². The summed E-state index contributed by atoms with van der Waals surface area (Å²) in [7, 11) is 0. The fraction of sp³-hybridized carbons (Fsp3) is 0.444. The minimum Gasteiger partial charge on any atom is -0.325 e. The van der Waals surface area contributed by atoms with Crippen LogP contribution >= 0.6 is 11.8 Å². The molecule has 74 valence electrons. The van der Waals surface area contributed by atoms with Crippen molar-refractivity contribution in [3.05, 3.63) is 17.0 Å². The molecule has 4 nitrogen and oxygen atoms in total. The number of thioether (sulfide) groups is 1. The third-order valence-electron chi connectivity index (χ3n) is 2.28. The van der Waals surface area contributed by atoms with Crippen LogP contribution < -0.4 is 5.73 Å². The Morgan fingerprint density at radius 2 is 2.21 bits per heavy atom. The summed E-state index contributed by atoms with van der Waals surface area (Å²) in [6.45, 7) is 0.310. The van der Waals surface area contributed by atoms with Gasteiger partial charge in [0.1, 0.15) is 0 Å². The van der Waals surface area contributed by atoms with E-state index in [2.05, 4.69) is 9.97 Å². The molecule has 0 saturated heterocycles. The van der Waals surface area contributed by atoms with Crippen molar-refractivity contribution in [3.8, 4) is 0 Å². The number of nitrogens with zero attached hydrogens (tertiary/aromatic N) is 2. The Hall–Kier alpha value is -0.940. The quantitative estimate of drug-likeness (QED) is 0.576. The van der Waals surface area contributed by atoms with E-state index in [0.29, 0.717) is 29.4 Å². The number of ketones is 1. The van der Waals surface area contributed by atoms with Crippen molar-refractivity contribution >= 4 is 17.5 Å². The maximum atomic E-state index is 11.5. The molecule has 1 heterocycles. The summed E-state index contributed by atoms with van der Waals surface area (Å²) < 4.78 is 0. The van der Waals surface area contributed by atoms with Gasteiger partial charge in [0.15, 0.2) is 10.9 Å². The highest BCUT2D eigenvalue weighted by atomic mass is 32.2. The molecule has 1 aromatic rings. The number of Topliss-reactive ketones (excluding diaryl/α,β-unsaturated/α-hetero) is 1.